The van der Waals surface area contributed by atoms with Gasteiger partial charge in [-0.3, -0.25) is 4.79 Å². The second-order valence-corrected chi connectivity index (χ2v) is 5.50. The van der Waals surface area contributed by atoms with E-state index in [0.29, 0.717) is 11.4 Å². The van der Waals surface area contributed by atoms with Crippen molar-refractivity contribution in [2.45, 2.75) is 11.8 Å². The number of nitrogens with one attached hydrogen (secondary N) is 1. The number of hydrogen-bond donors (Lipinski definition) is 2. The van der Waals surface area contributed by atoms with Gasteiger partial charge in [-0.2, -0.15) is 0 Å². The first-order valence-electron chi connectivity index (χ1n) is 6.36. The number of amides is 2. The molecule has 0 aliphatic rings. The zero-order chi connectivity index (χ0) is 16.0. The van der Waals surface area contributed by atoms with Crippen LogP contribution in [0.5, 0.6) is 5.75 Å². The lowest BCUT2D eigenvalue weighted by molar-refractivity contribution is -0.141. The predicted molar refractivity (Wildman–Crippen MR) is 83.2 cm³/mol. The van der Waals surface area contributed by atoms with Crippen molar-refractivity contribution in [3.63, 3.8) is 0 Å². The summed E-state index contributed by atoms with van der Waals surface area (Å²) in [7, 11) is 3.09. The second-order valence-electron chi connectivity index (χ2n) is 4.62. The molecule has 0 fully saturated rings. The molecule has 2 amide bonds. The summed E-state index contributed by atoms with van der Waals surface area (Å²) in [5, 5.41) is 11.6. The van der Waals surface area contributed by atoms with E-state index in [-0.39, 0.29) is 12.6 Å². The van der Waals surface area contributed by atoms with Gasteiger partial charge in [0.15, 0.2) is 0 Å². The molecule has 1 rings (SSSR count). The minimum atomic E-state index is -0.934. The van der Waals surface area contributed by atoms with Crippen LogP contribution >= 0.6 is 11.8 Å². The normalized spacial score (nSPS) is 11.6. The number of ether oxygens (including phenoxy) is 1. The molecule has 0 saturated carbocycles. The Labute approximate surface area is 128 Å². The van der Waals surface area contributed by atoms with E-state index in [1.807, 2.05) is 18.4 Å². The zero-order valence-electron chi connectivity index (χ0n) is 12.5. The van der Waals surface area contributed by atoms with E-state index in [9.17, 15) is 9.59 Å². The molecule has 6 nitrogen and oxygen atoms in total. The lowest BCUT2D eigenvalue weighted by atomic mass is 10.2. The number of thioether (sulfide) groups is 1. The molecule has 2 N–H and O–H groups in total. The highest BCUT2D eigenvalue weighted by Crippen LogP contribution is 2.29. The highest BCUT2D eigenvalue weighted by molar-refractivity contribution is 7.98. The van der Waals surface area contributed by atoms with E-state index >= 15 is 0 Å². The predicted octanol–water partition coefficient (Wildman–Crippen LogP) is 2.60. The Morgan fingerprint density at radius 1 is 1.48 bits per heavy atom. The highest BCUT2D eigenvalue weighted by Gasteiger charge is 2.18. The number of carbonyl (C=O) groups excluding carboxylic acids is 1. The largest absolute Gasteiger partial charge is 0.495 e. The van der Waals surface area contributed by atoms with Gasteiger partial charge in [0.2, 0.25) is 0 Å². The third kappa shape index (κ3) is 4.86. The number of urea groups is 1. The molecule has 0 saturated heterocycles. The van der Waals surface area contributed by atoms with Gasteiger partial charge in [0.25, 0.3) is 0 Å². The van der Waals surface area contributed by atoms with Crippen LogP contribution in [0.3, 0.4) is 0 Å². The van der Waals surface area contributed by atoms with E-state index in [0.717, 1.165) is 4.90 Å². The number of carboxylic acid groups (broad SMARTS) is 1. The number of methoxy groups -OCH3 is 1. The fourth-order valence-corrected chi connectivity index (χ4v) is 2.11. The first kappa shape index (κ1) is 17.2. The fraction of sp³-hybridized carbons (Fsp3) is 0.429. The molecule has 0 aromatic heterocycles. The molecule has 0 aliphatic heterocycles. The van der Waals surface area contributed by atoms with Crippen molar-refractivity contribution in [3.05, 3.63) is 18.2 Å². The molecule has 21 heavy (non-hydrogen) atoms. The Kier molecular flexibility index (Phi) is 6.36. The summed E-state index contributed by atoms with van der Waals surface area (Å²) >= 11 is 1.58. The van der Waals surface area contributed by atoms with E-state index in [1.165, 1.54) is 12.0 Å². The number of hydrogen-bond acceptors (Lipinski definition) is 4. The van der Waals surface area contributed by atoms with Crippen molar-refractivity contribution in [1.82, 2.24) is 4.90 Å². The van der Waals surface area contributed by atoms with Crippen molar-refractivity contribution in [1.29, 1.82) is 0 Å². The molecular weight excluding hydrogens is 292 g/mol. The quantitative estimate of drug-likeness (QED) is 0.789. The summed E-state index contributed by atoms with van der Waals surface area (Å²) < 4.78 is 5.25. The maximum absolute atomic E-state index is 12.1. The fourth-order valence-electron chi connectivity index (χ4n) is 1.68. The molecule has 0 bridgehead atoms. The third-order valence-corrected chi connectivity index (χ3v) is 3.69. The standard InChI is InChI=1S/C14H20N2O4S/c1-9(13(17)18)8-16(2)14(19)15-11-6-5-10(21-4)7-12(11)20-3/h5-7,9H,8H2,1-4H3,(H,15,19)(H,17,18). The molecule has 1 atom stereocenters. The Morgan fingerprint density at radius 3 is 2.67 bits per heavy atom. The van der Waals surface area contributed by atoms with Crippen LogP contribution in [0.4, 0.5) is 10.5 Å². The molecular formula is C14H20N2O4S. The van der Waals surface area contributed by atoms with Crippen LogP contribution in [0.25, 0.3) is 0 Å². The average Bonchev–Trinajstić information content (AvgIpc) is 2.47. The number of nitrogens with zero attached hydrogens (tertiary/aromatic N) is 1. The van der Waals surface area contributed by atoms with Gasteiger partial charge >= 0.3 is 12.0 Å². The summed E-state index contributed by atoms with van der Waals surface area (Å²) in [5.41, 5.74) is 0.551. The number of carbonyl (C=O) groups is 2. The molecule has 0 spiro atoms. The van der Waals surface area contributed by atoms with Gasteiger partial charge in [0.05, 0.1) is 18.7 Å². The van der Waals surface area contributed by atoms with E-state index < -0.39 is 11.9 Å². The van der Waals surface area contributed by atoms with Gasteiger partial charge in [-0.1, -0.05) is 6.92 Å². The number of benzene rings is 1. The van der Waals surface area contributed by atoms with Crippen molar-refractivity contribution >= 4 is 29.4 Å². The van der Waals surface area contributed by atoms with Crippen LogP contribution in [0, 0.1) is 5.92 Å². The van der Waals surface area contributed by atoms with Crippen LogP contribution in [0.1, 0.15) is 6.92 Å². The zero-order valence-corrected chi connectivity index (χ0v) is 13.4. The molecule has 1 unspecified atom stereocenters. The lowest BCUT2D eigenvalue weighted by Crippen LogP contribution is -2.36. The van der Waals surface area contributed by atoms with Gasteiger partial charge in [-0.25, -0.2) is 4.79 Å². The maximum atomic E-state index is 12.1. The van der Waals surface area contributed by atoms with Crippen LogP contribution < -0.4 is 10.1 Å². The van der Waals surface area contributed by atoms with Crippen molar-refractivity contribution in [2.75, 3.05) is 32.3 Å². The Balaban J connectivity index is 2.76. The maximum Gasteiger partial charge on any atom is 0.321 e. The minimum Gasteiger partial charge on any atom is -0.495 e. The summed E-state index contributed by atoms with van der Waals surface area (Å²) in [6, 6.07) is 5.10. The van der Waals surface area contributed by atoms with Crippen LogP contribution in [-0.4, -0.2) is 49.0 Å². The monoisotopic (exact) mass is 312 g/mol. The first-order chi connectivity index (χ1) is 9.88. The van der Waals surface area contributed by atoms with Gasteiger partial charge in [-0.05, 0) is 24.5 Å². The number of aliphatic carboxylic acids is 1. The third-order valence-electron chi connectivity index (χ3n) is 2.97. The number of carboxylic acids is 1. The number of anilines is 1. The van der Waals surface area contributed by atoms with Crippen LogP contribution in [0.2, 0.25) is 0 Å². The van der Waals surface area contributed by atoms with Crippen molar-refractivity contribution in [3.8, 4) is 5.75 Å². The van der Waals surface area contributed by atoms with Gasteiger partial charge in [0, 0.05) is 18.5 Å². The summed E-state index contributed by atoms with van der Waals surface area (Å²) in [6.45, 7) is 1.69. The summed E-state index contributed by atoms with van der Waals surface area (Å²) in [6.07, 6.45) is 1.95. The van der Waals surface area contributed by atoms with E-state index in [1.54, 1.807) is 31.8 Å². The van der Waals surface area contributed by atoms with Crippen molar-refractivity contribution < 1.29 is 19.4 Å². The minimum absolute atomic E-state index is 0.131. The molecule has 0 heterocycles. The average molecular weight is 312 g/mol. The Bertz CT molecular complexity index is 522. The topological polar surface area (TPSA) is 78.9 Å². The second kappa shape index (κ2) is 7.78. The van der Waals surface area contributed by atoms with Crippen LogP contribution in [0.15, 0.2) is 23.1 Å². The lowest BCUT2D eigenvalue weighted by Gasteiger charge is -2.21. The molecule has 116 valence electrons. The van der Waals surface area contributed by atoms with Crippen LogP contribution in [-0.2, 0) is 4.79 Å². The smallest absolute Gasteiger partial charge is 0.321 e. The molecule has 1 aromatic carbocycles. The summed E-state index contributed by atoms with van der Waals surface area (Å²) in [4.78, 5) is 25.2. The first-order valence-corrected chi connectivity index (χ1v) is 7.58. The SMILES string of the molecule is COc1cc(SC)ccc1NC(=O)N(C)CC(C)C(=O)O. The number of rotatable bonds is 6. The van der Waals surface area contributed by atoms with Gasteiger partial charge in [-0.15, -0.1) is 11.8 Å². The Morgan fingerprint density at radius 2 is 2.14 bits per heavy atom. The molecule has 0 aliphatic carbocycles. The molecule has 1 aromatic rings. The summed E-state index contributed by atoms with van der Waals surface area (Å²) in [5.74, 6) is -0.993. The Hall–Kier alpha value is -1.89. The molecule has 0 radical (unpaired) electrons. The molecule has 7 heteroatoms. The van der Waals surface area contributed by atoms with E-state index in [4.69, 9.17) is 9.84 Å². The van der Waals surface area contributed by atoms with Gasteiger partial charge < -0.3 is 20.1 Å². The van der Waals surface area contributed by atoms with Crippen molar-refractivity contribution in [2.24, 2.45) is 5.92 Å². The van der Waals surface area contributed by atoms with E-state index in [2.05, 4.69) is 5.32 Å². The highest BCUT2D eigenvalue weighted by atomic mass is 32.2. The van der Waals surface area contributed by atoms with Gasteiger partial charge in [0.1, 0.15) is 5.75 Å².